The number of urea groups is 1. The third kappa shape index (κ3) is 4.98. The van der Waals surface area contributed by atoms with Gasteiger partial charge in [0.25, 0.3) is 0 Å². The second-order valence-corrected chi connectivity index (χ2v) is 6.52. The van der Waals surface area contributed by atoms with E-state index < -0.39 is 6.04 Å². The van der Waals surface area contributed by atoms with Crippen molar-refractivity contribution in [2.75, 3.05) is 27.2 Å². The molecule has 0 spiro atoms. The van der Waals surface area contributed by atoms with Gasteiger partial charge in [0.05, 0.1) is 0 Å². The van der Waals surface area contributed by atoms with Crippen LogP contribution in [0.5, 0.6) is 0 Å². The molecule has 0 radical (unpaired) electrons. The Balaban J connectivity index is 1.79. The van der Waals surface area contributed by atoms with Gasteiger partial charge in [0.2, 0.25) is 5.91 Å². The van der Waals surface area contributed by atoms with Crippen LogP contribution < -0.4 is 5.32 Å². The van der Waals surface area contributed by atoms with Gasteiger partial charge in [-0.25, -0.2) is 4.79 Å². The lowest BCUT2D eigenvalue weighted by Crippen LogP contribution is -2.51. The van der Waals surface area contributed by atoms with Crippen molar-refractivity contribution in [2.24, 2.45) is 5.92 Å². The van der Waals surface area contributed by atoms with Crippen LogP contribution in [-0.2, 0) is 11.2 Å². The first-order valence-corrected chi connectivity index (χ1v) is 8.28. The Kier molecular flexibility index (Phi) is 6.02. The molecule has 0 aliphatic carbocycles. The summed E-state index contributed by atoms with van der Waals surface area (Å²) in [4.78, 5) is 27.4. The minimum atomic E-state index is -0.476. The first-order chi connectivity index (χ1) is 11.0. The predicted octanol–water partition coefficient (Wildman–Crippen LogP) is 2.13. The van der Waals surface area contributed by atoms with Gasteiger partial charge in [-0.1, -0.05) is 30.3 Å². The number of carbonyl (C=O) groups is 2. The highest BCUT2D eigenvalue weighted by atomic mass is 16.2. The van der Waals surface area contributed by atoms with Gasteiger partial charge in [-0.2, -0.15) is 0 Å². The van der Waals surface area contributed by atoms with E-state index in [0.29, 0.717) is 5.92 Å². The zero-order valence-corrected chi connectivity index (χ0v) is 14.3. The SMILES string of the molecule is C[C@H](NC(=O)N(C)C)C(=O)N1CCC(Cc2ccccc2)CC1. The second kappa shape index (κ2) is 7.99. The molecule has 1 aliphatic rings. The first-order valence-electron chi connectivity index (χ1n) is 8.28. The Morgan fingerprint density at radius 3 is 2.39 bits per heavy atom. The number of piperidine rings is 1. The molecule has 1 N–H and O–H groups in total. The summed E-state index contributed by atoms with van der Waals surface area (Å²) in [5.74, 6) is 0.645. The first kappa shape index (κ1) is 17.3. The van der Waals surface area contributed by atoms with Crippen molar-refractivity contribution in [3.05, 3.63) is 35.9 Å². The smallest absolute Gasteiger partial charge is 0.317 e. The van der Waals surface area contributed by atoms with E-state index in [-0.39, 0.29) is 11.9 Å². The number of nitrogens with one attached hydrogen (secondary N) is 1. The summed E-state index contributed by atoms with van der Waals surface area (Å²) in [6, 6.07) is 9.80. The van der Waals surface area contributed by atoms with Crippen molar-refractivity contribution in [1.29, 1.82) is 0 Å². The number of nitrogens with zero attached hydrogens (tertiary/aromatic N) is 2. The average Bonchev–Trinajstić information content (AvgIpc) is 2.55. The summed E-state index contributed by atoms with van der Waals surface area (Å²) in [5, 5.41) is 2.72. The van der Waals surface area contributed by atoms with Crippen molar-refractivity contribution in [2.45, 2.75) is 32.2 Å². The Bertz CT molecular complexity index is 522. The molecular formula is C18H27N3O2. The maximum absolute atomic E-state index is 12.4. The zero-order valence-electron chi connectivity index (χ0n) is 14.3. The molecule has 0 saturated carbocycles. The highest BCUT2D eigenvalue weighted by Gasteiger charge is 2.27. The molecule has 126 valence electrons. The molecule has 2 rings (SSSR count). The fourth-order valence-corrected chi connectivity index (χ4v) is 2.95. The molecule has 1 aliphatic heterocycles. The molecule has 23 heavy (non-hydrogen) atoms. The van der Waals surface area contributed by atoms with Gasteiger partial charge in [-0.15, -0.1) is 0 Å². The van der Waals surface area contributed by atoms with Crippen molar-refractivity contribution in [3.63, 3.8) is 0 Å². The molecule has 5 nitrogen and oxygen atoms in total. The van der Waals surface area contributed by atoms with Gasteiger partial charge in [-0.05, 0) is 37.7 Å². The third-order valence-electron chi connectivity index (χ3n) is 4.41. The number of amides is 3. The van der Waals surface area contributed by atoms with E-state index in [1.54, 1.807) is 21.0 Å². The summed E-state index contributed by atoms with van der Waals surface area (Å²) < 4.78 is 0. The van der Waals surface area contributed by atoms with Crippen LogP contribution in [0.4, 0.5) is 4.79 Å². The average molecular weight is 317 g/mol. The lowest BCUT2D eigenvalue weighted by molar-refractivity contribution is -0.134. The van der Waals surface area contributed by atoms with Gasteiger partial charge in [0, 0.05) is 27.2 Å². The van der Waals surface area contributed by atoms with E-state index in [1.807, 2.05) is 11.0 Å². The zero-order chi connectivity index (χ0) is 16.8. The predicted molar refractivity (Wildman–Crippen MR) is 91.1 cm³/mol. The van der Waals surface area contributed by atoms with Crippen molar-refractivity contribution < 1.29 is 9.59 Å². The maximum Gasteiger partial charge on any atom is 0.317 e. The number of carbonyl (C=O) groups excluding carboxylic acids is 2. The van der Waals surface area contributed by atoms with Crippen LogP contribution in [0.25, 0.3) is 0 Å². The topological polar surface area (TPSA) is 52.7 Å². The molecule has 0 aromatic heterocycles. The summed E-state index contributed by atoms with van der Waals surface area (Å²) in [5.41, 5.74) is 1.36. The molecule has 1 saturated heterocycles. The standard InChI is InChI=1S/C18H27N3O2/c1-14(19-18(23)20(2)3)17(22)21-11-9-16(10-12-21)13-15-7-5-4-6-8-15/h4-8,14,16H,9-13H2,1-3H3,(H,19,23)/t14-/m0/s1. The van der Waals surface area contributed by atoms with Crippen LogP contribution >= 0.6 is 0 Å². The number of hydrogen-bond donors (Lipinski definition) is 1. The molecule has 1 heterocycles. The minimum absolute atomic E-state index is 0.0124. The fourth-order valence-electron chi connectivity index (χ4n) is 2.95. The van der Waals surface area contributed by atoms with Gasteiger partial charge in [-0.3, -0.25) is 4.79 Å². The largest absolute Gasteiger partial charge is 0.341 e. The summed E-state index contributed by atoms with van der Waals surface area (Å²) in [6.07, 6.45) is 3.12. The Morgan fingerprint density at radius 2 is 1.83 bits per heavy atom. The second-order valence-electron chi connectivity index (χ2n) is 6.52. The molecule has 1 fully saturated rings. The van der Waals surface area contributed by atoms with Gasteiger partial charge < -0.3 is 15.1 Å². The molecule has 0 bridgehead atoms. The molecule has 1 aromatic carbocycles. The fraction of sp³-hybridized carbons (Fsp3) is 0.556. The third-order valence-corrected chi connectivity index (χ3v) is 4.41. The van der Waals surface area contributed by atoms with E-state index >= 15 is 0 Å². The minimum Gasteiger partial charge on any atom is -0.341 e. The quantitative estimate of drug-likeness (QED) is 0.925. The lowest BCUT2D eigenvalue weighted by Gasteiger charge is -2.34. The molecular weight excluding hydrogens is 290 g/mol. The summed E-state index contributed by atoms with van der Waals surface area (Å²) in [6.45, 7) is 3.30. The maximum atomic E-state index is 12.4. The molecule has 5 heteroatoms. The number of hydrogen-bond acceptors (Lipinski definition) is 2. The normalized spacial score (nSPS) is 16.7. The Labute approximate surface area is 138 Å². The van der Waals surface area contributed by atoms with Gasteiger partial charge >= 0.3 is 6.03 Å². The van der Waals surface area contributed by atoms with Gasteiger partial charge in [0.1, 0.15) is 6.04 Å². The number of likely N-dealkylation sites (tertiary alicyclic amines) is 1. The highest BCUT2D eigenvalue weighted by molar-refractivity contribution is 5.86. The molecule has 1 atom stereocenters. The van der Waals surface area contributed by atoms with Crippen LogP contribution in [-0.4, -0.2) is 55.0 Å². The van der Waals surface area contributed by atoms with Crippen LogP contribution in [0.3, 0.4) is 0 Å². The van der Waals surface area contributed by atoms with E-state index in [9.17, 15) is 9.59 Å². The lowest BCUT2D eigenvalue weighted by atomic mass is 9.90. The monoisotopic (exact) mass is 317 g/mol. The van der Waals surface area contributed by atoms with Crippen molar-refractivity contribution in [3.8, 4) is 0 Å². The van der Waals surface area contributed by atoms with Crippen molar-refractivity contribution >= 4 is 11.9 Å². The van der Waals surface area contributed by atoms with Crippen LogP contribution in [0, 0.1) is 5.92 Å². The van der Waals surface area contributed by atoms with E-state index in [0.717, 1.165) is 32.4 Å². The number of benzene rings is 1. The molecule has 1 aromatic rings. The summed E-state index contributed by atoms with van der Waals surface area (Å²) in [7, 11) is 3.34. The number of rotatable bonds is 4. The molecule has 0 unspecified atom stereocenters. The van der Waals surface area contributed by atoms with E-state index in [2.05, 4.69) is 29.6 Å². The van der Waals surface area contributed by atoms with Crippen LogP contribution in [0.15, 0.2) is 30.3 Å². The highest BCUT2D eigenvalue weighted by Crippen LogP contribution is 2.22. The van der Waals surface area contributed by atoms with Crippen molar-refractivity contribution in [1.82, 2.24) is 15.1 Å². The van der Waals surface area contributed by atoms with E-state index in [1.165, 1.54) is 10.5 Å². The summed E-state index contributed by atoms with van der Waals surface area (Å²) >= 11 is 0. The molecule has 3 amide bonds. The van der Waals surface area contributed by atoms with Gasteiger partial charge in [0.15, 0.2) is 0 Å². The van der Waals surface area contributed by atoms with Crippen LogP contribution in [0.1, 0.15) is 25.3 Å². The van der Waals surface area contributed by atoms with Crippen LogP contribution in [0.2, 0.25) is 0 Å². The Hall–Kier alpha value is -2.04. The van der Waals surface area contributed by atoms with E-state index in [4.69, 9.17) is 0 Å². The Morgan fingerprint density at radius 1 is 1.22 bits per heavy atom.